The molecule has 0 fully saturated rings. The van der Waals surface area contributed by atoms with E-state index in [1.165, 1.54) is 11.3 Å². The van der Waals surface area contributed by atoms with E-state index in [0.29, 0.717) is 6.04 Å². The lowest BCUT2D eigenvalue weighted by atomic mass is 10.0. The van der Waals surface area contributed by atoms with Crippen molar-refractivity contribution in [3.63, 3.8) is 0 Å². The first-order valence-electron chi connectivity index (χ1n) is 7.33. The molecule has 0 radical (unpaired) electrons. The Bertz CT molecular complexity index is 411. The first-order chi connectivity index (χ1) is 9.53. The second-order valence-corrected chi connectivity index (χ2v) is 6.15. The van der Waals surface area contributed by atoms with Crippen molar-refractivity contribution in [3.05, 3.63) is 28.2 Å². The van der Waals surface area contributed by atoms with Gasteiger partial charge in [-0.3, -0.25) is 0 Å². The van der Waals surface area contributed by atoms with Crippen LogP contribution in [0.3, 0.4) is 0 Å². The van der Waals surface area contributed by atoms with Crippen molar-refractivity contribution in [3.8, 4) is 0 Å². The Balaban J connectivity index is 3.07. The normalized spacial score (nSPS) is 14.1. The number of methoxy groups -OCH3 is 1. The van der Waals surface area contributed by atoms with E-state index in [1.807, 2.05) is 0 Å². The van der Waals surface area contributed by atoms with Gasteiger partial charge in [0.05, 0.1) is 6.61 Å². The van der Waals surface area contributed by atoms with Crippen LogP contribution in [0.4, 0.5) is 5.69 Å². The van der Waals surface area contributed by atoms with Gasteiger partial charge in [-0.15, -0.1) is 0 Å². The number of hydrogen-bond donors (Lipinski definition) is 1. The fourth-order valence-corrected chi connectivity index (χ4v) is 2.88. The number of ether oxygens (including phenoxy) is 1. The molecule has 2 atom stereocenters. The van der Waals surface area contributed by atoms with Crippen LogP contribution in [-0.2, 0) is 11.2 Å². The van der Waals surface area contributed by atoms with Gasteiger partial charge in [0.25, 0.3) is 0 Å². The van der Waals surface area contributed by atoms with Crippen LogP contribution >= 0.6 is 15.9 Å². The number of hydrogen-bond acceptors (Lipinski definition) is 3. The minimum atomic E-state index is 0.208. The summed E-state index contributed by atoms with van der Waals surface area (Å²) in [5.74, 6) is 0. The number of benzene rings is 1. The van der Waals surface area contributed by atoms with Crippen LogP contribution in [0, 0.1) is 0 Å². The second kappa shape index (κ2) is 8.65. The molecule has 0 spiro atoms. The van der Waals surface area contributed by atoms with Crippen molar-refractivity contribution in [1.82, 2.24) is 0 Å². The van der Waals surface area contributed by atoms with Crippen molar-refractivity contribution in [1.29, 1.82) is 0 Å². The zero-order chi connectivity index (χ0) is 15.1. The molecule has 2 unspecified atom stereocenters. The summed E-state index contributed by atoms with van der Waals surface area (Å²) >= 11 is 3.56. The molecule has 0 aliphatic carbocycles. The quantitative estimate of drug-likeness (QED) is 0.784. The molecule has 20 heavy (non-hydrogen) atoms. The minimum Gasteiger partial charge on any atom is -0.383 e. The van der Waals surface area contributed by atoms with Crippen LogP contribution in [0.1, 0.15) is 32.8 Å². The van der Waals surface area contributed by atoms with Crippen molar-refractivity contribution in [2.24, 2.45) is 5.73 Å². The van der Waals surface area contributed by atoms with Gasteiger partial charge in [0.2, 0.25) is 0 Å². The van der Waals surface area contributed by atoms with Crippen molar-refractivity contribution in [2.75, 3.05) is 25.2 Å². The highest BCUT2D eigenvalue weighted by molar-refractivity contribution is 9.10. The van der Waals surface area contributed by atoms with E-state index < -0.39 is 0 Å². The highest BCUT2D eigenvalue weighted by Crippen LogP contribution is 2.27. The Kier molecular flexibility index (Phi) is 7.56. The average Bonchev–Trinajstić information content (AvgIpc) is 2.42. The van der Waals surface area contributed by atoms with Crippen LogP contribution in [0.2, 0.25) is 0 Å². The lowest BCUT2D eigenvalue weighted by molar-refractivity contribution is 0.182. The van der Waals surface area contributed by atoms with Crippen LogP contribution in [-0.4, -0.2) is 32.3 Å². The standard InChI is InChI=1S/C16H27BrN2O/c1-5-15(18)10-13-9-14(17)7-8-16(13)19(6-2)12(3)11-20-4/h7-9,12,15H,5-6,10-11,18H2,1-4H3. The first-order valence-corrected chi connectivity index (χ1v) is 8.12. The molecule has 1 aromatic carbocycles. The molecule has 0 aromatic heterocycles. The summed E-state index contributed by atoms with van der Waals surface area (Å²) < 4.78 is 6.40. The Morgan fingerprint density at radius 2 is 2.05 bits per heavy atom. The van der Waals surface area contributed by atoms with E-state index in [0.717, 1.165) is 30.5 Å². The lowest BCUT2D eigenvalue weighted by Gasteiger charge is -2.32. The van der Waals surface area contributed by atoms with Gasteiger partial charge in [0.15, 0.2) is 0 Å². The average molecular weight is 343 g/mol. The number of anilines is 1. The summed E-state index contributed by atoms with van der Waals surface area (Å²) in [5, 5.41) is 0. The van der Waals surface area contributed by atoms with Crippen LogP contribution in [0.5, 0.6) is 0 Å². The van der Waals surface area contributed by atoms with Gasteiger partial charge in [-0.25, -0.2) is 0 Å². The molecule has 0 saturated carbocycles. The summed E-state index contributed by atoms with van der Waals surface area (Å²) in [6.45, 7) is 8.19. The van der Waals surface area contributed by atoms with E-state index >= 15 is 0 Å². The molecule has 0 aliphatic rings. The molecule has 0 heterocycles. The molecule has 1 rings (SSSR count). The summed E-state index contributed by atoms with van der Waals surface area (Å²) in [5.41, 5.74) is 8.71. The minimum absolute atomic E-state index is 0.208. The maximum Gasteiger partial charge on any atom is 0.0663 e. The molecule has 1 aromatic rings. The highest BCUT2D eigenvalue weighted by atomic mass is 79.9. The van der Waals surface area contributed by atoms with E-state index in [4.69, 9.17) is 10.5 Å². The third-order valence-electron chi connectivity index (χ3n) is 3.64. The zero-order valence-corrected chi connectivity index (χ0v) is 14.6. The Morgan fingerprint density at radius 1 is 1.35 bits per heavy atom. The topological polar surface area (TPSA) is 38.5 Å². The van der Waals surface area contributed by atoms with E-state index in [1.54, 1.807) is 7.11 Å². The highest BCUT2D eigenvalue weighted by Gasteiger charge is 2.17. The zero-order valence-electron chi connectivity index (χ0n) is 13.0. The molecule has 0 amide bonds. The molecule has 0 aliphatic heterocycles. The molecule has 114 valence electrons. The molecule has 4 heteroatoms. The summed E-state index contributed by atoms with van der Waals surface area (Å²) in [7, 11) is 1.75. The summed E-state index contributed by atoms with van der Waals surface area (Å²) in [6, 6.07) is 7.02. The van der Waals surface area contributed by atoms with Gasteiger partial charge < -0.3 is 15.4 Å². The van der Waals surface area contributed by atoms with Crippen molar-refractivity contribution >= 4 is 21.6 Å². The Hall–Kier alpha value is -0.580. The van der Waals surface area contributed by atoms with Crippen LogP contribution in [0.25, 0.3) is 0 Å². The number of nitrogens with zero attached hydrogens (tertiary/aromatic N) is 1. The number of likely N-dealkylation sites (N-methyl/N-ethyl adjacent to an activating group) is 1. The van der Waals surface area contributed by atoms with Gasteiger partial charge in [0, 0.05) is 35.9 Å². The van der Waals surface area contributed by atoms with Gasteiger partial charge >= 0.3 is 0 Å². The van der Waals surface area contributed by atoms with Gasteiger partial charge in [-0.2, -0.15) is 0 Å². The fraction of sp³-hybridized carbons (Fsp3) is 0.625. The van der Waals surface area contributed by atoms with E-state index in [9.17, 15) is 0 Å². The SMILES string of the molecule is CCC(N)Cc1cc(Br)ccc1N(CC)C(C)COC. The number of rotatable bonds is 8. The third-order valence-corrected chi connectivity index (χ3v) is 4.13. The third kappa shape index (κ3) is 4.76. The predicted octanol–water partition coefficient (Wildman–Crippen LogP) is 3.59. The Morgan fingerprint density at radius 3 is 2.60 bits per heavy atom. The first kappa shape index (κ1) is 17.5. The summed E-state index contributed by atoms with van der Waals surface area (Å²) in [6.07, 6.45) is 1.90. The Labute approximate surface area is 131 Å². The molecular formula is C16H27BrN2O. The predicted molar refractivity (Wildman–Crippen MR) is 90.5 cm³/mol. The molecular weight excluding hydrogens is 316 g/mol. The van der Waals surface area contributed by atoms with Gasteiger partial charge in [-0.1, -0.05) is 22.9 Å². The van der Waals surface area contributed by atoms with Crippen molar-refractivity contribution in [2.45, 2.75) is 45.7 Å². The summed E-state index contributed by atoms with van der Waals surface area (Å²) in [4.78, 5) is 2.38. The molecule has 2 N–H and O–H groups in total. The second-order valence-electron chi connectivity index (χ2n) is 5.24. The molecule has 3 nitrogen and oxygen atoms in total. The van der Waals surface area contributed by atoms with E-state index in [2.05, 4.69) is 59.8 Å². The maximum absolute atomic E-state index is 6.14. The number of halogens is 1. The maximum atomic E-state index is 6.14. The number of nitrogens with two attached hydrogens (primary N) is 1. The van der Waals surface area contributed by atoms with Gasteiger partial charge in [-0.05, 0) is 50.5 Å². The lowest BCUT2D eigenvalue weighted by Crippen LogP contribution is -2.37. The largest absolute Gasteiger partial charge is 0.383 e. The van der Waals surface area contributed by atoms with E-state index in [-0.39, 0.29) is 6.04 Å². The smallest absolute Gasteiger partial charge is 0.0663 e. The van der Waals surface area contributed by atoms with Crippen molar-refractivity contribution < 1.29 is 4.74 Å². The molecule has 0 saturated heterocycles. The molecule has 0 bridgehead atoms. The van der Waals surface area contributed by atoms with Gasteiger partial charge in [0.1, 0.15) is 0 Å². The fourth-order valence-electron chi connectivity index (χ4n) is 2.48. The monoisotopic (exact) mass is 342 g/mol. The van der Waals surface area contributed by atoms with Crippen LogP contribution in [0.15, 0.2) is 22.7 Å². The van der Waals surface area contributed by atoms with Crippen LogP contribution < -0.4 is 10.6 Å².